The summed E-state index contributed by atoms with van der Waals surface area (Å²) >= 11 is 1.39. The Morgan fingerprint density at radius 2 is 2.21 bits per heavy atom. The molecule has 0 atom stereocenters. The van der Waals surface area contributed by atoms with Gasteiger partial charge < -0.3 is 5.32 Å². The van der Waals surface area contributed by atoms with Gasteiger partial charge in [0.05, 0.1) is 11.4 Å². The summed E-state index contributed by atoms with van der Waals surface area (Å²) in [6.45, 7) is 3.69. The third-order valence-corrected chi connectivity index (χ3v) is 2.65. The third kappa shape index (κ3) is 2.96. The van der Waals surface area contributed by atoms with Gasteiger partial charge in [-0.1, -0.05) is 19.9 Å². The molecule has 1 N–H and O–H groups in total. The number of ketones is 1. The molecule has 0 saturated heterocycles. The summed E-state index contributed by atoms with van der Waals surface area (Å²) in [7, 11) is 0. The van der Waals surface area contributed by atoms with E-state index in [2.05, 4.69) is 5.32 Å². The molecule has 0 saturated carbocycles. The number of nitrogens with one attached hydrogen (secondary N) is 1. The number of amides is 1. The minimum absolute atomic E-state index is 0.0333. The fourth-order valence-electron chi connectivity index (χ4n) is 0.896. The largest absolute Gasteiger partial charge is 0.348 e. The van der Waals surface area contributed by atoms with Gasteiger partial charge in [-0.05, 0) is 11.4 Å². The highest BCUT2D eigenvalue weighted by Gasteiger charge is 2.10. The van der Waals surface area contributed by atoms with E-state index in [0.29, 0.717) is 4.88 Å². The first-order valence-electron chi connectivity index (χ1n) is 4.45. The number of thiophene rings is 1. The lowest BCUT2D eigenvalue weighted by Gasteiger charge is -2.05. The monoisotopic (exact) mass is 211 g/mol. The molecule has 3 nitrogen and oxygen atoms in total. The van der Waals surface area contributed by atoms with Crippen LogP contribution in [0, 0.1) is 5.92 Å². The van der Waals surface area contributed by atoms with Crippen molar-refractivity contribution in [2.24, 2.45) is 5.92 Å². The summed E-state index contributed by atoms with van der Waals surface area (Å²) in [6, 6.07) is 3.58. The van der Waals surface area contributed by atoms with Gasteiger partial charge >= 0.3 is 0 Å². The van der Waals surface area contributed by atoms with Crippen molar-refractivity contribution in [3.8, 4) is 0 Å². The Hall–Kier alpha value is -1.16. The van der Waals surface area contributed by atoms with E-state index < -0.39 is 0 Å². The van der Waals surface area contributed by atoms with Crippen molar-refractivity contribution in [2.75, 3.05) is 6.54 Å². The Morgan fingerprint density at radius 1 is 1.50 bits per heavy atom. The molecule has 0 unspecified atom stereocenters. The van der Waals surface area contributed by atoms with Crippen LogP contribution in [0.2, 0.25) is 0 Å². The zero-order chi connectivity index (χ0) is 10.6. The van der Waals surface area contributed by atoms with Crippen LogP contribution >= 0.6 is 11.3 Å². The number of carbonyl (C=O) groups excluding carboxylic acids is 2. The van der Waals surface area contributed by atoms with Crippen LogP contribution in [0.5, 0.6) is 0 Å². The van der Waals surface area contributed by atoms with Crippen LogP contribution in [0.15, 0.2) is 17.5 Å². The van der Waals surface area contributed by atoms with Gasteiger partial charge in [-0.3, -0.25) is 9.59 Å². The lowest BCUT2D eigenvalue weighted by Crippen LogP contribution is -2.32. The maximum Gasteiger partial charge on any atom is 0.222 e. The van der Waals surface area contributed by atoms with Crippen LogP contribution in [0.3, 0.4) is 0 Å². The molecule has 1 aromatic heterocycles. The van der Waals surface area contributed by atoms with Crippen molar-refractivity contribution in [3.05, 3.63) is 22.4 Å². The summed E-state index contributed by atoms with van der Waals surface area (Å²) in [6.07, 6.45) is 0. The first-order chi connectivity index (χ1) is 6.61. The number of Topliss-reactive ketones (excluding diaryl/α,β-unsaturated/α-hetero) is 1. The van der Waals surface area contributed by atoms with Crippen molar-refractivity contribution >= 4 is 23.0 Å². The van der Waals surface area contributed by atoms with Gasteiger partial charge in [0.25, 0.3) is 0 Å². The summed E-state index contributed by atoms with van der Waals surface area (Å²) in [5.41, 5.74) is 0. The summed E-state index contributed by atoms with van der Waals surface area (Å²) in [4.78, 5) is 23.3. The topological polar surface area (TPSA) is 46.2 Å². The second kappa shape index (κ2) is 4.91. The first kappa shape index (κ1) is 10.9. The Kier molecular flexibility index (Phi) is 3.83. The number of hydrogen-bond donors (Lipinski definition) is 1. The lowest BCUT2D eigenvalue weighted by atomic mass is 10.2. The second-order valence-corrected chi connectivity index (χ2v) is 4.22. The van der Waals surface area contributed by atoms with Gasteiger partial charge in [-0.25, -0.2) is 0 Å². The molecule has 4 heteroatoms. The molecule has 0 aliphatic heterocycles. The quantitative estimate of drug-likeness (QED) is 0.770. The van der Waals surface area contributed by atoms with E-state index in [1.165, 1.54) is 11.3 Å². The van der Waals surface area contributed by atoms with E-state index in [-0.39, 0.29) is 24.2 Å². The smallest absolute Gasteiger partial charge is 0.222 e. The van der Waals surface area contributed by atoms with Crippen LogP contribution in [-0.4, -0.2) is 18.2 Å². The highest BCUT2D eigenvalue weighted by Crippen LogP contribution is 2.08. The predicted molar refractivity (Wildman–Crippen MR) is 56.5 cm³/mol. The molecule has 0 fully saturated rings. The molecule has 0 bridgehead atoms. The molecule has 76 valence electrons. The molecule has 1 heterocycles. The first-order valence-corrected chi connectivity index (χ1v) is 5.33. The molecule has 0 aliphatic carbocycles. The third-order valence-electron chi connectivity index (χ3n) is 1.74. The Balaban J connectivity index is 2.40. The average Bonchev–Trinajstić information content (AvgIpc) is 2.66. The van der Waals surface area contributed by atoms with Gasteiger partial charge in [0, 0.05) is 5.92 Å². The second-order valence-electron chi connectivity index (χ2n) is 3.27. The molecule has 1 amide bonds. The van der Waals surface area contributed by atoms with Crippen LogP contribution in [-0.2, 0) is 4.79 Å². The van der Waals surface area contributed by atoms with E-state index in [1.807, 2.05) is 11.4 Å². The van der Waals surface area contributed by atoms with Gasteiger partial charge in [-0.15, -0.1) is 11.3 Å². The molecule has 14 heavy (non-hydrogen) atoms. The Morgan fingerprint density at radius 3 is 2.71 bits per heavy atom. The number of rotatable bonds is 4. The van der Waals surface area contributed by atoms with E-state index in [9.17, 15) is 9.59 Å². The van der Waals surface area contributed by atoms with E-state index in [1.54, 1.807) is 19.9 Å². The van der Waals surface area contributed by atoms with Crippen LogP contribution < -0.4 is 5.32 Å². The SMILES string of the molecule is CC(C)C(=O)NCC(=O)c1cccs1. The van der Waals surface area contributed by atoms with Crippen LogP contribution in [0.25, 0.3) is 0 Å². The van der Waals surface area contributed by atoms with E-state index in [0.717, 1.165) is 0 Å². The summed E-state index contributed by atoms with van der Waals surface area (Å²) < 4.78 is 0. The molecular weight excluding hydrogens is 198 g/mol. The average molecular weight is 211 g/mol. The van der Waals surface area contributed by atoms with Crippen LogP contribution in [0.1, 0.15) is 23.5 Å². The Bertz CT molecular complexity index is 317. The van der Waals surface area contributed by atoms with Gasteiger partial charge in [-0.2, -0.15) is 0 Å². The molecule has 1 aromatic rings. The number of carbonyl (C=O) groups is 2. The van der Waals surface area contributed by atoms with Crippen molar-refractivity contribution in [2.45, 2.75) is 13.8 Å². The maximum absolute atomic E-state index is 11.4. The zero-order valence-electron chi connectivity index (χ0n) is 8.24. The van der Waals surface area contributed by atoms with Crippen molar-refractivity contribution in [1.29, 1.82) is 0 Å². The van der Waals surface area contributed by atoms with Crippen LogP contribution in [0.4, 0.5) is 0 Å². The molecule has 0 aliphatic rings. The Labute approximate surface area is 87.1 Å². The fraction of sp³-hybridized carbons (Fsp3) is 0.400. The lowest BCUT2D eigenvalue weighted by molar-refractivity contribution is -0.123. The molecule has 0 radical (unpaired) electrons. The minimum atomic E-state index is -0.0880. The molecular formula is C10H13NO2S. The van der Waals surface area contributed by atoms with Crippen molar-refractivity contribution in [1.82, 2.24) is 5.32 Å². The standard InChI is InChI=1S/C10H13NO2S/c1-7(2)10(13)11-6-8(12)9-4-3-5-14-9/h3-5,7H,6H2,1-2H3,(H,11,13). The van der Waals surface area contributed by atoms with Gasteiger partial charge in [0.1, 0.15) is 0 Å². The van der Waals surface area contributed by atoms with E-state index >= 15 is 0 Å². The van der Waals surface area contributed by atoms with E-state index in [4.69, 9.17) is 0 Å². The fourth-order valence-corrected chi connectivity index (χ4v) is 1.56. The summed E-state index contributed by atoms with van der Waals surface area (Å²) in [5, 5.41) is 4.43. The highest BCUT2D eigenvalue weighted by atomic mass is 32.1. The van der Waals surface area contributed by atoms with Crippen molar-refractivity contribution < 1.29 is 9.59 Å². The molecule has 0 spiro atoms. The van der Waals surface area contributed by atoms with Crippen molar-refractivity contribution in [3.63, 3.8) is 0 Å². The van der Waals surface area contributed by atoms with Gasteiger partial charge in [0.15, 0.2) is 5.78 Å². The molecule has 0 aromatic carbocycles. The highest BCUT2D eigenvalue weighted by molar-refractivity contribution is 7.12. The summed E-state index contributed by atoms with van der Waals surface area (Å²) in [5.74, 6) is -0.199. The molecule has 1 rings (SSSR count). The minimum Gasteiger partial charge on any atom is -0.348 e. The maximum atomic E-state index is 11.4. The van der Waals surface area contributed by atoms with Gasteiger partial charge in [0.2, 0.25) is 5.91 Å². The zero-order valence-corrected chi connectivity index (χ0v) is 9.06. The predicted octanol–water partition coefficient (Wildman–Crippen LogP) is 1.70. The normalized spacial score (nSPS) is 10.2. The number of hydrogen-bond acceptors (Lipinski definition) is 3.